The van der Waals surface area contributed by atoms with Crippen molar-refractivity contribution in [2.75, 3.05) is 5.32 Å². The number of para-hydroxylation sites is 2. The van der Waals surface area contributed by atoms with Crippen molar-refractivity contribution in [3.05, 3.63) is 84.2 Å². The van der Waals surface area contributed by atoms with Crippen LogP contribution in [0.2, 0.25) is 0 Å². The van der Waals surface area contributed by atoms with Crippen LogP contribution in [-0.4, -0.2) is 15.5 Å². The van der Waals surface area contributed by atoms with Crippen molar-refractivity contribution in [1.29, 1.82) is 0 Å². The van der Waals surface area contributed by atoms with Crippen LogP contribution in [0.25, 0.3) is 22.4 Å². The van der Waals surface area contributed by atoms with Crippen LogP contribution in [0.3, 0.4) is 0 Å². The average Bonchev–Trinajstić information content (AvgIpc) is 3.02. The molecule has 0 fully saturated rings. The molecule has 1 aromatic heterocycles. The molecule has 27 heavy (non-hydrogen) atoms. The lowest BCUT2D eigenvalue weighted by atomic mass is 10.1. The Bertz CT molecular complexity index is 1120. The number of amides is 1. The summed E-state index contributed by atoms with van der Waals surface area (Å²) in [7, 11) is 0. The zero-order valence-corrected chi connectivity index (χ0v) is 14.8. The molecule has 1 heterocycles. The van der Waals surface area contributed by atoms with Crippen LogP contribution in [0.1, 0.15) is 5.56 Å². The summed E-state index contributed by atoms with van der Waals surface area (Å²) in [6, 6.07) is 21.5. The predicted octanol–water partition coefficient (Wildman–Crippen LogP) is 4.79. The first-order valence-electron chi connectivity index (χ1n) is 8.68. The van der Waals surface area contributed by atoms with Gasteiger partial charge in [-0.25, -0.2) is 9.37 Å². The van der Waals surface area contributed by atoms with Crippen LogP contribution in [0.15, 0.2) is 72.8 Å². The minimum atomic E-state index is -0.338. The number of nitrogens with zero attached hydrogens (tertiary/aromatic N) is 2. The second-order valence-electron chi connectivity index (χ2n) is 6.43. The molecular formula is C22H18FN3O. The fraction of sp³-hybridized carbons (Fsp3) is 0.0909. The molecule has 0 bridgehead atoms. The smallest absolute Gasteiger partial charge is 0.244 e. The van der Waals surface area contributed by atoms with E-state index < -0.39 is 0 Å². The molecule has 4 rings (SSSR count). The Morgan fingerprint density at radius 2 is 1.81 bits per heavy atom. The number of nitrogens with one attached hydrogen (secondary N) is 1. The van der Waals surface area contributed by atoms with Crippen LogP contribution in [-0.2, 0) is 11.3 Å². The van der Waals surface area contributed by atoms with Gasteiger partial charge in [-0.2, -0.15) is 0 Å². The Kier molecular flexibility index (Phi) is 4.42. The lowest BCUT2D eigenvalue weighted by Crippen LogP contribution is -2.19. The van der Waals surface area contributed by atoms with E-state index in [0.29, 0.717) is 5.69 Å². The van der Waals surface area contributed by atoms with Crippen LogP contribution in [0.5, 0.6) is 0 Å². The van der Waals surface area contributed by atoms with Crippen LogP contribution >= 0.6 is 0 Å². The van der Waals surface area contributed by atoms with Gasteiger partial charge in [-0.1, -0.05) is 35.9 Å². The number of fused-ring (bicyclic) bond motifs is 1. The maximum absolute atomic E-state index is 13.1. The summed E-state index contributed by atoms with van der Waals surface area (Å²) < 4.78 is 15.0. The minimum Gasteiger partial charge on any atom is -0.325 e. The summed E-state index contributed by atoms with van der Waals surface area (Å²) in [5.74, 6) is 0.211. The van der Waals surface area contributed by atoms with Gasteiger partial charge in [-0.15, -0.1) is 0 Å². The Labute approximate surface area is 156 Å². The quantitative estimate of drug-likeness (QED) is 0.569. The number of hydrogen-bond donors (Lipinski definition) is 1. The number of aryl methyl sites for hydroxylation is 1. The monoisotopic (exact) mass is 359 g/mol. The summed E-state index contributed by atoms with van der Waals surface area (Å²) in [4.78, 5) is 17.3. The van der Waals surface area contributed by atoms with E-state index in [0.717, 1.165) is 28.0 Å². The molecule has 4 nitrogen and oxygen atoms in total. The SMILES string of the molecule is Cc1cccc(-c2nc3ccccc3n2CC(=O)Nc2ccc(F)cc2)c1. The Morgan fingerprint density at radius 1 is 1.04 bits per heavy atom. The van der Waals surface area contributed by atoms with Crippen molar-refractivity contribution in [2.45, 2.75) is 13.5 Å². The van der Waals surface area contributed by atoms with Crippen molar-refractivity contribution in [1.82, 2.24) is 9.55 Å². The van der Waals surface area contributed by atoms with E-state index in [9.17, 15) is 9.18 Å². The molecule has 1 N–H and O–H groups in total. The van der Waals surface area contributed by atoms with E-state index in [-0.39, 0.29) is 18.3 Å². The number of aromatic nitrogens is 2. The van der Waals surface area contributed by atoms with E-state index in [4.69, 9.17) is 4.98 Å². The van der Waals surface area contributed by atoms with Crippen molar-refractivity contribution >= 4 is 22.6 Å². The minimum absolute atomic E-state index is 0.112. The third-order valence-electron chi connectivity index (χ3n) is 4.36. The summed E-state index contributed by atoms with van der Waals surface area (Å²) in [5.41, 5.74) is 4.37. The highest BCUT2D eigenvalue weighted by Crippen LogP contribution is 2.25. The Balaban J connectivity index is 1.70. The first kappa shape index (κ1) is 17.0. The number of imidazole rings is 1. The van der Waals surface area contributed by atoms with Gasteiger partial charge in [0.2, 0.25) is 5.91 Å². The van der Waals surface area contributed by atoms with E-state index in [1.165, 1.54) is 12.1 Å². The molecule has 0 atom stereocenters. The summed E-state index contributed by atoms with van der Waals surface area (Å²) in [6.07, 6.45) is 0. The second kappa shape index (κ2) is 7.03. The van der Waals surface area contributed by atoms with Gasteiger partial charge >= 0.3 is 0 Å². The van der Waals surface area contributed by atoms with E-state index in [1.807, 2.05) is 54.0 Å². The highest BCUT2D eigenvalue weighted by Gasteiger charge is 2.15. The number of anilines is 1. The maximum Gasteiger partial charge on any atom is 0.244 e. The second-order valence-corrected chi connectivity index (χ2v) is 6.43. The van der Waals surface area contributed by atoms with E-state index >= 15 is 0 Å². The summed E-state index contributed by atoms with van der Waals surface area (Å²) in [6.45, 7) is 2.14. The molecule has 3 aromatic carbocycles. The standard InChI is InChI=1S/C22H18FN3O/c1-15-5-4-6-16(13-15)22-25-19-7-2-3-8-20(19)26(22)14-21(27)24-18-11-9-17(23)10-12-18/h2-13H,14H2,1H3,(H,24,27). The highest BCUT2D eigenvalue weighted by molar-refractivity contribution is 5.92. The molecule has 0 aliphatic heterocycles. The van der Waals surface area contributed by atoms with Gasteiger partial charge in [0.1, 0.15) is 18.2 Å². The predicted molar refractivity (Wildman–Crippen MR) is 105 cm³/mol. The number of rotatable bonds is 4. The number of benzene rings is 3. The molecule has 0 spiro atoms. The zero-order chi connectivity index (χ0) is 18.8. The Hall–Kier alpha value is -3.47. The molecule has 0 aliphatic rings. The lowest BCUT2D eigenvalue weighted by Gasteiger charge is -2.11. The fourth-order valence-corrected chi connectivity index (χ4v) is 3.12. The fourth-order valence-electron chi connectivity index (χ4n) is 3.12. The first-order chi connectivity index (χ1) is 13.1. The molecule has 0 aliphatic carbocycles. The van der Waals surface area contributed by atoms with Gasteiger partial charge in [-0.3, -0.25) is 4.79 Å². The third kappa shape index (κ3) is 3.58. The number of carbonyl (C=O) groups excluding carboxylic acids is 1. The maximum atomic E-state index is 13.1. The molecule has 1 amide bonds. The largest absolute Gasteiger partial charge is 0.325 e. The molecule has 134 valence electrons. The van der Waals surface area contributed by atoms with Gasteiger partial charge in [0.05, 0.1) is 11.0 Å². The highest BCUT2D eigenvalue weighted by atomic mass is 19.1. The van der Waals surface area contributed by atoms with Gasteiger partial charge in [0.15, 0.2) is 0 Å². The Morgan fingerprint density at radius 3 is 2.59 bits per heavy atom. The van der Waals surface area contributed by atoms with Crippen molar-refractivity contribution in [3.63, 3.8) is 0 Å². The van der Waals surface area contributed by atoms with Crippen molar-refractivity contribution < 1.29 is 9.18 Å². The van der Waals surface area contributed by atoms with E-state index in [1.54, 1.807) is 12.1 Å². The van der Waals surface area contributed by atoms with Gasteiger partial charge in [0.25, 0.3) is 0 Å². The van der Waals surface area contributed by atoms with E-state index in [2.05, 4.69) is 11.4 Å². The average molecular weight is 359 g/mol. The number of carbonyl (C=O) groups is 1. The van der Waals surface area contributed by atoms with Crippen molar-refractivity contribution in [2.24, 2.45) is 0 Å². The molecule has 0 saturated carbocycles. The molecule has 0 unspecified atom stereocenters. The number of hydrogen-bond acceptors (Lipinski definition) is 2. The molecule has 0 saturated heterocycles. The normalized spacial score (nSPS) is 10.9. The lowest BCUT2D eigenvalue weighted by molar-refractivity contribution is -0.116. The third-order valence-corrected chi connectivity index (χ3v) is 4.36. The summed E-state index contributed by atoms with van der Waals surface area (Å²) in [5, 5.41) is 2.81. The van der Waals surface area contributed by atoms with Crippen LogP contribution in [0, 0.1) is 12.7 Å². The first-order valence-corrected chi connectivity index (χ1v) is 8.68. The summed E-state index contributed by atoms with van der Waals surface area (Å²) >= 11 is 0. The molecule has 5 heteroatoms. The van der Waals surface area contributed by atoms with Crippen LogP contribution in [0.4, 0.5) is 10.1 Å². The van der Waals surface area contributed by atoms with Gasteiger partial charge in [-0.05, 0) is 49.4 Å². The molecule has 0 radical (unpaired) electrons. The van der Waals surface area contributed by atoms with Crippen molar-refractivity contribution in [3.8, 4) is 11.4 Å². The van der Waals surface area contributed by atoms with Gasteiger partial charge in [0, 0.05) is 11.3 Å². The van der Waals surface area contributed by atoms with Gasteiger partial charge < -0.3 is 9.88 Å². The molecule has 4 aromatic rings. The topological polar surface area (TPSA) is 46.9 Å². The van der Waals surface area contributed by atoms with Crippen LogP contribution < -0.4 is 5.32 Å². The number of halogens is 1. The molecular weight excluding hydrogens is 341 g/mol. The zero-order valence-electron chi connectivity index (χ0n) is 14.8.